The minimum Gasteiger partial charge on any atom is -0.497 e. The van der Waals surface area contributed by atoms with Crippen LogP contribution in [0.3, 0.4) is 0 Å². The average Bonchev–Trinajstić information content (AvgIpc) is 2.69. The molecule has 0 aliphatic carbocycles. The standard InChI is InChI=1S/C12H13NO3/c1-15-8-2-3-10-9(5-8)12-7(6-16-10)4-11(14)13-12/h2-3,5,7,12H,4,6H2,1H3,(H,13,14)/t7-,12-/m0/s1. The van der Waals surface area contributed by atoms with Crippen LogP contribution in [0, 0.1) is 5.92 Å². The number of ether oxygens (including phenoxy) is 2. The summed E-state index contributed by atoms with van der Waals surface area (Å²) in [6, 6.07) is 5.80. The van der Waals surface area contributed by atoms with E-state index in [0.29, 0.717) is 13.0 Å². The second kappa shape index (κ2) is 3.40. The normalized spacial score (nSPS) is 26.4. The molecule has 2 aliphatic rings. The number of nitrogens with one attached hydrogen (secondary N) is 1. The minimum atomic E-state index is 0.0892. The van der Waals surface area contributed by atoms with Gasteiger partial charge in [0.15, 0.2) is 0 Å². The van der Waals surface area contributed by atoms with E-state index in [4.69, 9.17) is 9.47 Å². The Hall–Kier alpha value is -1.71. The molecule has 2 heterocycles. The van der Waals surface area contributed by atoms with Crippen LogP contribution in [-0.2, 0) is 4.79 Å². The molecule has 0 aromatic heterocycles. The summed E-state index contributed by atoms with van der Waals surface area (Å²) in [7, 11) is 1.64. The molecule has 0 radical (unpaired) electrons. The van der Waals surface area contributed by atoms with Gasteiger partial charge in [-0.25, -0.2) is 0 Å². The second-order valence-electron chi connectivity index (χ2n) is 4.22. The summed E-state index contributed by atoms with van der Waals surface area (Å²) in [6.45, 7) is 0.614. The van der Waals surface area contributed by atoms with Crippen molar-refractivity contribution in [2.75, 3.05) is 13.7 Å². The Balaban J connectivity index is 2.03. The molecule has 2 aliphatic heterocycles. The average molecular weight is 219 g/mol. The second-order valence-corrected chi connectivity index (χ2v) is 4.22. The molecule has 4 heteroatoms. The summed E-state index contributed by atoms with van der Waals surface area (Å²) in [6.07, 6.45) is 0.557. The smallest absolute Gasteiger partial charge is 0.220 e. The Morgan fingerprint density at radius 1 is 1.50 bits per heavy atom. The Kier molecular flexibility index (Phi) is 2.02. The largest absolute Gasteiger partial charge is 0.497 e. The lowest BCUT2D eigenvalue weighted by Gasteiger charge is -2.28. The van der Waals surface area contributed by atoms with E-state index in [-0.39, 0.29) is 17.9 Å². The molecule has 1 saturated heterocycles. The van der Waals surface area contributed by atoms with Gasteiger partial charge >= 0.3 is 0 Å². The lowest BCUT2D eigenvalue weighted by atomic mass is 9.92. The number of carbonyl (C=O) groups excluding carboxylic acids is 1. The monoisotopic (exact) mass is 219 g/mol. The molecule has 1 aromatic rings. The van der Waals surface area contributed by atoms with Crippen LogP contribution in [0.1, 0.15) is 18.0 Å². The summed E-state index contributed by atoms with van der Waals surface area (Å²) in [4.78, 5) is 11.4. The van der Waals surface area contributed by atoms with E-state index >= 15 is 0 Å². The van der Waals surface area contributed by atoms with Crippen molar-refractivity contribution in [3.8, 4) is 11.5 Å². The Morgan fingerprint density at radius 3 is 3.19 bits per heavy atom. The van der Waals surface area contributed by atoms with E-state index in [1.165, 1.54) is 0 Å². The Bertz CT molecular complexity index is 444. The van der Waals surface area contributed by atoms with Crippen molar-refractivity contribution in [2.24, 2.45) is 5.92 Å². The number of benzene rings is 1. The summed E-state index contributed by atoms with van der Waals surface area (Å²) in [5, 5.41) is 2.99. The molecule has 1 N–H and O–H groups in total. The first-order valence-electron chi connectivity index (χ1n) is 5.38. The third-order valence-electron chi connectivity index (χ3n) is 3.24. The molecular weight excluding hydrogens is 206 g/mol. The molecule has 4 nitrogen and oxygen atoms in total. The zero-order valence-electron chi connectivity index (χ0n) is 9.03. The van der Waals surface area contributed by atoms with Crippen molar-refractivity contribution < 1.29 is 14.3 Å². The predicted molar refractivity (Wildman–Crippen MR) is 57.5 cm³/mol. The first kappa shape index (κ1) is 9.51. The van der Waals surface area contributed by atoms with Crippen molar-refractivity contribution in [2.45, 2.75) is 12.5 Å². The molecule has 0 unspecified atom stereocenters. The summed E-state index contributed by atoms with van der Waals surface area (Å²) in [5.74, 6) is 2.01. The van der Waals surface area contributed by atoms with Gasteiger partial charge in [0.2, 0.25) is 5.91 Å². The number of fused-ring (bicyclic) bond motifs is 3. The molecule has 1 amide bonds. The number of hydrogen-bond acceptors (Lipinski definition) is 3. The topological polar surface area (TPSA) is 47.6 Å². The Morgan fingerprint density at radius 2 is 2.38 bits per heavy atom. The van der Waals surface area contributed by atoms with E-state index in [1.807, 2.05) is 18.2 Å². The van der Waals surface area contributed by atoms with Crippen LogP contribution in [0.15, 0.2) is 18.2 Å². The molecule has 2 atom stereocenters. The highest BCUT2D eigenvalue weighted by Gasteiger charge is 2.38. The van der Waals surface area contributed by atoms with Crippen LogP contribution in [0.2, 0.25) is 0 Å². The maximum absolute atomic E-state index is 11.4. The van der Waals surface area contributed by atoms with Crippen LogP contribution in [-0.4, -0.2) is 19.6 Å². The van der Waals surface area contributed by atoms with Crippen LogP contribution in [0.4, 0.5) is 0 Å². The van der Waals surface area contributed by atoms with Crippen molar-refractivity contribution in [3.05, 3.63) is 23.8 Å². The van der Waals surface area contributed by atoms with Gasteiger partial charge in [0, 0.05) is 17.9 Å². The molecule has 1 aromatic carbocycles. The van der Waals surface area contributed by atoms with Gasteiger partial charge in [0.1, 0.15) is 11.5 Å². The molecular formula is C12H13NO3. The lowest BCUT2D eigenvalue weighted by molar-refractivity contribution is -0.119. The summed E-state index contributed by atoms with van der Waals surface area (Å²) < 4.78 is 10.8. The van der Waals surface area contributed by atoms with E-state index in [2.05, 4.69) is 5.32 Å². The molecule has 0 spiro atoms. The fourth-order valence-corrected chi connectivity index (χ4v) is 2.42. The minimum absolute atomic E-state index is 0.0892. The number of hydrogen-bond donors (Lipinski definition) is 1. The Labute approximate surface area is 93.5 Å². The number of amides is 1. The van der Waals surface area contributed by atoms with Crippen LogP contribution >= 0.6 is 0 Å². The lowest BCUT2D eigenvalue weighted by Crippen LogP contribution is -2.28. The van der Waals surface area contributed by atoms with Gasteiger partial charge in [-0.2, -0.15) is 0 Å². The first-order valence-corrected chi connectivity index (χ1v) is 5.38. The molecule has 0 bridgehead atoms. The van der Waals surface area contributed by atoms with Crippen molar-refractivity contribution in [3.63, 3.8) is 0 Å². The van der Waals surface area contributed by atoms with Crippen LogP contribution in [0.25, 0.3) is 0 Å². The molecule has 0 saturated carbocycles. The molecule has 84 valence electrons. The van der Waals surface area contributed by atoms with E-state index < -0.39 is 0 Å². The van der Waals surface area contributed by atoms with Crippen LogP contribution < -0.4 is 14.8 Å². The number of methoxy groups -OCH3 is 1. The van der Waals surface area contributed by atoms with Crippen molar-refractivity contribution >= 4 is 5.91 Å². The zero-order chi connectivity index (χ0) is 11.1. The molecule has 16 heavy (non-hydrogen) atoms. The third-order valence-corrected chi connectivity index (χ3v) is 3.24. The van der Waals surface area contributed by atoms with Gasteiger partial charge in [-0.3, -0.25) is 4.79 Å². The summed E-state index contributed by atoms with van der Waals surface area (Å²) in [5.41, 5.74) is 1.03. The van der Waals surface area contributed by atoms with Gasteiger partial charge in [0.25, 0.3) is 0 Å². The van der Waals surface area contributed by atoms with Gasteiger partial charge < -0.3 is 14.8 Å². The van der Waals surface area contributed by atoms with Gasteiger partial charge in [-0.05, 0) is 18.2 Å². The first-order chi connectivity index (χ1) is 7.78. The third kappa shape index (κ3) is 1.33. The van der Waals surface area contributed by atoms with Gasteiger partial charge in [-0.15, -0.1) is 0 Å². The zero-order valence-corrected chi connectivity index (χ0v) is 9.03. The number of carbonyl (C=O) groups is 1. The maximum atomic E-state index is 11.4. The molecule has 1 fully saturated rings. The van der Waals surface area contributed by atoms with Crippen LogP contribution in [0.5, 0.6) is 11.5 Å². The van der Waals surface area contributed by atoms with Crippen molar-refractivity contribution in [1.82, 2.24) is 5.32 Å². The predicted octanol–water partition coefficient (Wildman–Crippen LogP) is 1.26. The SMILES string of the molecule is COc1ccc2c(c1)[C@H]1NC(=O)C[C@H]1CO2. The number of rotatable bonds is 1. The quantitative estimate of drug-likeness (QED) is 0.773. The fourth-order valence-electron chi connectivity index (χ4n) is 2.42. The van der Waals surface area contributed by atoms with E-state index in [0.717, 1.165) is 17.1 Å². The van der Waals surface area contributed by atoms with E-state index in [9.17, 15) is 4.79 Å². The highest BCUT2D eigenvalue weighted by Crippen LogP contribution is 2.41. The highest BCUT2D eigenvalue weighted by atomic mass is 16.5. The van der Waals surface area contributed by atoms with E-state index in [1.54, 1.807) is 7.11 Å². The summed E-state index contributed by atoms with van der Waals surface area (Å²) >= 11 is 0. The van der Waals surface area contributed by atoms with Gasteiger partial charge in [-0.1, -0.05) is 0 Å². The highest BCUT2D eigenvalue weighted by molar-refractivity contribution is 5.80. The molecule has 3 rings (SSSR count). The van der Waals surface area contributed by atoms with Crippen molar-refractivity contribution in [1.29, 1.82) is 0 Å². The fraction of sp³-hybridized carbons (Fsp3) is 0.417. The maximum Gasteiger partial charge on any atom is 0.220 e. The van der Waals surface area contributed by atoms with Gasteiger partial charge in [0.05, 0.1) is 19.8 Å².